The second-order valence-corrected chi connectivity index (χ2v) is 2.27. The van der Waals surface area contributed by atoms with Crippen LogP contribution in [0.4, 0.5) is 0 Å². The molecule has 0 aliphatic carbocycles. The van der Waals surface area contributed by atoms with Crippen molar-refractivity contribution in [1.82, 2.24) is 10.3 Å². The monoisotopic (exact) mass is 150 g/mol. The highest BCUT2D eigenvalue weighted by molar-refractivity contribution is 5.10. The average Bonchev–Trinajstić information content (AvgIpc) is 2.01. The van der Waals surface area contributed by atoms with Gasteiger partial charge in [0.15, 0.2) is 0 Å². The Labute approximate surface area is 65.5 Å². The van der Waals surface area contributed by atoms with Gasteiger partial charge in [0.05, 0.1) is 0 Å². The minimum atomic E-state index is -0.0699. The van der Waals surface area contributed by atoms with E-state index in [1.165, 1.54) is 0 Å². The van der Waals surface area contributed by atoms with Crippen LogP contribution < -0.4 is 10.9 Å². The Kier molecular flexibility index (Phi) is 2.86. The molecule has 1 aromatic heterocycles. The van der Waals surface area contributed by atoms with Crippen LogP contribution >= 0.6 is 0 Å². The van der Waals surface area contributed by atoms with Gasteiger partial charge >= 0.3 is 0 Å². The minimum Gasteiger partial charge on any atom is -0.329 e. The maximum atomic E-state index is 10.7. The first-order chi connectivity index (χ1) is 5.33. The van der Waals surface area contributed by atoms with Gasteiger partial charge in [-0.15, -0.1) is 0 Å². The summed E-state index contributed by atoms with van der Waals surface area (Å²) in [5.74, 6) is 0. The van der Waals surface area contributed by atoms with Crippen molar-refractivity contribution in [2.75, 3.05) is 6.54 Å². The van der Waals surface area contributed by atoms with Gasteiger partial charge in [0.1, 0.15) is 0 Å². The summed E-state index contributed by atoms with van der Waals surface area (Å²) in [6, 6.07) is 3.43. The van der Waals surface area contributed by atoms with E-state index in [-0.39, 0.29) is 5.56 Å². The standard InChI is InChI=1S/C8H10N2O/c1-9-4-2-7-3-5-10-8(11)6-7/h1,3,5-6,9H,2,4H2,(H,10,11). The molecule has 1 rings (SSSR count). The molecule has 0 unspecified atom stereocenters. The molecular formula is C8H10N2O. The van der Waals surface area contributed by atoms with Crippen LogP contribution in [0.3, 0.4) is 0 Å². The van der Waals surface area contributed by atoms with Crippen LogP contribution in [0.1, 0.15) is 5.56 Å². The number of H-pyrrole nitrogens is 1. The van der Waals surface area contributed by atoms with Crippen LogP contribution in [0.5, 0.6) is 0 Å². The molecular weight excluding hydrogens is 140 g/mol. The number of aromatic nitrogens is 1. The van der Waals surface area contributed by atoms with Crippen LogP contribution in [0.15, 0.2) is 23.1 Å². The first-order valence-corrected chi connectivity index (χ1v) is 3.44. The van der Waals surface area contributed by atoms with Crippen molar-refractivity contribution in [2.24, 2.45) is 0 Å². The Morgan fingerprint density at radius 2 is 2.45 bits per heavy atom. The normalized spacial score (nSPS) is 9.91. The van der Waals surface area contributed by atoms with Crippen molar-refractivity contribution in [3.63, 3.8) is 0 Å². The van der Waals surface area contributed by atoms with E-state index in [1.807, 2.05) is 6.07 Å². The Hall–Kier alpha value is -1.09. The van der Waals surface area contributed by atoms with Gasteiger partial charge in [-0.2, -0.15) is 0 Å². The molecule has 0 saturated heterocycles. The molecule has 0 saturated carbocycles. The molecule has 2 N–H and O–H groups in total. The van der Waals surface area contributed by atoms with E-state index in [2.05, 4.69) is 10.3 Å². The molecule has 0 aromatic carbocycles. The van der Waals surface area contributed by atoms with Crippen molar-refractivity contribution in [3.05, 3.63) is 41.3 Å². The highest BCUT2D eigenvalue weighted by Gasteiger charge is 1.90. The predicted molar refractivity (Wildman–Crippen MR) is 43.1 cm³/mol. The van der Waals surface area contributed by atoms with Crippen LogP contribution in [-0.4, -0.2) is 11.5 Å². The van der Waals surface area contributed by atoms with Gasteiger partial charge < -0.3 is 10.3 Å². The topological polar surface area (TPSA) is 44.9 Å². The molecule has 0 aliphatic rings. The molecule has 0 spiro atoms. The van der Waals surface area contributed by atoms with Crippen molar-refractivity contribution >= 4 is 0 Å². The predicted octanol–water partition coefficient (Wildman–Crippen LogP) is 0.176. The molecule has 0 atom stereocenters. The maximum Gasteiger partial charge on any atom is 0.248 e. The van der Waals surface area contributed by atoms with E-state index in [9.17, 15) is 4.79 Å². The van der Waals surface area contributed by atoms with Crippen molar-refractivity contribution < 1.29 is 0 Å². The smallest absolute Gasteiger partial charge is 0.248 e. The van der Waals surface area contributed by atoms with Gasteiger partial charge in [-0.05, 0) is 24.6 Å². The fourth-order valence-corrected chi connectivity index (χ4v) is 0.861. The number of hydrogen-bond acceptors (Lipinski definition) is 2. The molecule has 0 amide bonds. The van der Waals surface area contributed by atoms with E-state index in [0.717, 1.165) is 12.0 Å². The molecule has 3 nitrogen and oxygen atoms in total. The first-order valence-electron chi connectivity index (χ1n) is 3.44. The quantitative estimate of drug-likeness (QED) is 0.603. The van der Waals surface area contributed by atoms with Crippen LogP contribution in [0, 0.1) is 7.05 Å². The van der Waals surface area contributed by atoms with E-state index in [1.54, 1.807) is 12.3 Å². The summed E-state index contributed by atoms with van der Waals surface area (Å²) in [6.07, 6.45) is 2.41. The molecule has 1 heterocycles. The maximum absolute atomic E-state index is 10.7. The highest BCUT2D eigenvalue weighted by Crippen LogP contribution is 1.92. The molecule has 2 radical (unpaired) electrons. The minimum absolute atomic E-state index is 0.0699. The number of aromatic amines is 1. The second kappa shape index (κ2) is 3.93. The molecule has 0 bridgehead atoms. The number of pyridine rings is 1. The van der Waals surface area contributed by atoms with Crippen molar-refractivity contribution in [3.8, 4) is 0 Å². The van der Waals surface area contributed by atoms with Crippen LogP contribution in [-0.2, 0) is 6.42 Å². The Bertz CT molecular complexity index is 267. The lowest BCUT2D eigenvalue weighted by Gasteiger charge is -1.97. The number of hydrogen-bond donors (Lipinski definition) is 2. The fraction of sp³-hybridized carbons (Fsp3) is 0.250. The van der Waals surface area contributed by atoms with Crippen LogP contribution in [0.2, 0.25) is 0 Å². The van der Waals surface area contributed by atoms with Gasteiger partial charge in [0.2, 0.25) is 5.56 Å². The lowest BCUT2D eigenvalue weighted by Crippen LogP contribution is -2.10. The lowest BCUT2D eigenvalue weighted by molar-refractivity contribution is 0.826. The van der Waals surface area contributed by atoms with Crippen LogP contribution in [0.25, 0.3) is 0 Å². The SMILES string of the molecule is [CH]NCCc1cc[nH]c(=O)c1. The van der Waals surface area contributed by atoms with Gasteiger partial charge in [0.25, 0.3) is 0 Å². The van der Waals surface area contributed by atoms with E-state index in [0.29, 0.717) is 6.54 Å². The zero-order chi connectivity index (χ0) is 8.10. The fourth-order valence-electron chi connectivity index (χ4n) is 0.861. The summed E-state index contributed by atoms with van der Waals surface area (Å²) in [4.78, 5) is 13.3. The lowest BCUT2D eigenvalue weighted by atomic mass is 10.2. The Morgan fingerprint density at radius 1 is 1.64 bits per heavy atom. The molecule has 0 fully saturated rings. The zero-order valence-electron chi connectivity index (χ0n) is 6.13. The molecule has 58 valence electrons. The van der Waals surface area contributed by atoms with Crippen molar-refractivity contribution in [2.45, 2.75) is 6.42 Å². The summed E-state index contributed by atoms with van der Waals surface area (Å²) < 4.78 is 0. The average molecular weight is 150 g/mol. The molecule has 3 heteroatoms. The summed E-state index contributed by atoms with van der Waals surface area (Å²) >= 11 is 0. The molecule has 0 aliphatic heterocycles. The van der Waals surface area contributed by atoms with Gasteiger partial charge in [-0.1, -0.05) is 0 Å². The van der Waals surface area contributed by atoms with Gasteiger partial charge in [-0.3, -0.25) is 4.79 Å². The largest absolute Gasteiger partial charge is 0.329 e. The van der Waals surface area contributed by atoms with Gasteiger partial charge in [-0.25, -0.2) is 0 Å². The van der Waals surface area contributed by atoms with Gasteiger partial charge in [0, 0.05) is 19.3 Å². The summed E-state index contributed by atoms with van der Waals surface area (Å²) in [6.45, 7) is 0.684. The number of nitrogens with one attached hydrogen (secondary N) is 2. The molecule has 11 heavy (non-hydrogen) atoms. The first kappa shape index (κ1) is 8.01. The highest BCUT2D eigenvalue weighted by atomic mass is 16.1. The summed E-state index contributed by atoms with van der Waals surface area (Å²) in [5.41, 5.74) is 0.922. The zero-order valence-corrected chi connectivity index (χ0v) is 6.13. The Balaban J connectivity index is 2.64. The van der Waals surface area contributed by atoms with E-state index >= 15 is 0 Å². The van der Waals surface area contributed by atoms with E-state index < -0.39 is 0 Å². The second-order valence-electron chi connectivity index (χ2n) is 2.27. The third kappa shape index (κ3) is 2.55. The summed E-state index contributed by atoms with van der Waals surface area (Å²) in [7, 11) is 5.08. The van der Waals surface area contributed by atoms with E-state index in [4.69, 9.17) is 7.05 Å². The summed E-state index contributed by atoms with van der Waals surface area (Å²) in [5, 5.41) is 2.52. The molecule has 1 aromatic rings. The number of rotatable bonds is 3. The third-order valence-corrected chi connectivity index (χ3v) is 1.40. The third-order valence-electron chi connectivity index (χ3n) is 1.40. The Morgan fingerprint density at radius 3 is 3.09 bits per heavy atom. The van der Waals surface area contributed by atoms with Crippen molar-refractivity contribution in [1.29, 1.82) is 0 Å².